The number of nitrogens with zero attached hydrogens (tertiary/aromatic N) is 5. The lowest BCUT2D eigenvalue weighted by Crippen LogP contribution is -2.10. The van der Waals surface area contributed by atoms with Gasteiger partial charge in [-0.15, -0.1) is 21.5 Å². The molecule has 1 saturated carbocycles. The largest absolute Gasteiger partial charge is 0.495 e. The first-order valence-electron chi connectivity index (χ1n) is 8.77. The Balaban J connectivity index is 0.00000240. The molecule has 0 aliphatic heterocycles. The van der Waals surface area contributed by atoms with Crippen molar-refractivity contribution in [1.82, 2.24) is 31.3 Å². The van der Waals surface area contributed by atoms with E-state index < -0.39 is 5.82 Å². The number of nitrogen functional groups attached to an aromatic ring is 1. The van der Waals surface area contributed by atoms with Crippen molar-refractivity contribution in [3.8, 4) is 11.6 Å². The Kier molecular flexibility index (Phi) is 6.18. The molecule has 0 amide bonds. The number of ether oxygens (including phenoxy) is 2. The minimum atomic E-state index is -0.609. The molecule has 1 aliphatic rings. The molecule has 0 radical (unpaired) electrons. The highest BCUT2D eigenvalue weighted by molar-refractivity contribution is 7.11. The minimum absolute atomic E-state index is 0. The van der Waals surface area contributed by atoms with E-state index >= 15 is 0 Å². The van der Waals surface area contributed by atoms with E-state index in [1.165, 1.54) is 11.3 Å². The SMILES string of the molecule is COc1ccc(C2CC2COc2nc(N)nc(Cc3nnc(C)s3)c2F)nc1.N. The van der Waals surface area contributed by atoms with Gasteiger partial charge in [0.25, 0.3) is 5.88 Å². The number of aryl methyl sites for hydroxylation is 1. The van der Waals surface area contributed by atoms with Gasteiger partial charge in [0.1, 0.15) is 15.8 Å². The van der Waals surface area contributed by atoms with Crippen LogP contribution in [0.2, 0.25) is 0 Å². The van der Waals surface area contributed by atoms with Gasteiger partial charge in [-0.25, -0.2) is 4.98 Å². The summed E-state index contributed by atoms with van der Waals surface area (Å²) in [6.07, 6.45) is 2.82. The first kappa shape index (κ1) is 20.8. The fourth-order valence-electron chi connectivity index (χ4n) is 2.97. The summed E-state index contributed by atoms with van der Waals surface area (Å²) in [6.45, 7) is 2.17. The zero-order valence-corrected chi connectivity index (χ0v) is 16.9. The highest BCUT2D eigenvalue weighted by Crippen LogP contribution is 2.47. The molecule has 0 saturated heterocycles. The summed E-state index contributed by atoms with van der Waals surface area (Å²) in [5.74, 6) is 0.493. The average molecular weight is 419 g/mol. The number of hydrogen-bond acceptors (Lipinski definition) is 10. The Hall–Kier alpha value is -2.92. The Labute approximate surface area is 171 Å². The van der Waals surface area contributed by atoms with E-state index in [4.69, 9.17) is 15.2 Å². The molecule has 29 heavy (non-hydrogen) atoms. The fourth-order valence-corrected chi connectivity index (χ4v) is 3.68. The summed E-state index contributed by atoms with van der Waals surface area (Å²) in [4.78, 5) is 12.3. The summed E-state index contributed by atoms with van der Waals surface area (Å²) in [7, 11) is 1.60. The Morgan fingerprint density at radius 2 is 2.10 bits per heavy atom. The van der Waals surface area contributed by atoms with Crippen molar-refractivity contribution in [3.05, 3.63) is 45.5 Å². The second-order valence-corrected chi connectivity index (χ2v) is 7.84. The van der Waals surface area contributed by atoms with E-state index in [1.54, 1.807) is 13.3 Å². The first-order chi connectivity index (χ1) is 13.5. The van der Waals surface area contributed by atoms with Crippen LogP contribution in [0.25, 0.3) is 0 Å². The predicted octanol–water partition coefficient (Wildman–Crippen LogP) is 2.70. The number of hydrogen-bond donors (Lipinski definition) is 2. The summed E-state index contributed by atoms with van der Waals surface area (Å²) < 4.78 is 25.5. The van der Waals surface area contributed by atoms with Crippen molar-refractivity contribution < 1.29 is 13.9 Å². The Morgan fingerprint density at radius 1 is 1.28 bits per heavy atom. The summed E-state index contributed by atoms with van der Waals surface area (Å²) in [5.41, 5.74) is 6.86. The molecule has 0 spiro atoms. The minimum Gasteiger partial charge on any atom is -0.495 e. The third-order valence-corrected chi connectivity index (χ3v) is 5.36. The molecule has 1 aliphatic carbocycles. The zero-order chi connectivity index (χ0) is 19.7. The number of aromatic nitrogens is 5. The number of pyridine rings is 1. The van der Waals surface area contributed by atoms with Gasteiger partial charge in [0, 0.05) is 24.0 Å². The van der Waals surface area contributed by atoms with Crippen LogP contribution in [0.3, 0.4) is 0 Å². The lowest BCUT2D eigenvalue weighted by Gasteiger charge is -2.09. The van der Waals surface area contributed by atoms with Gasteiger partial charge in [-0.05, 0) is 25.5 Å². The van der Waals surface area contributed by atoms with Crippen LogP contribution >= 0.6 is 11.3 Å². The van der Waals surface area contributed by atoms with Gasteiger partial charge in [0.2, 0.25) is 11.8 Å². The van der Waals surface area contributed by atoms with Gasteiger partial charge >= 0.3 is 0 Å². The van der Waals surface area contributed by atoms with E-state index in [0.717, 1.165) is 17.1 Å². The van der Waals surface area contributed by atoms with Crippen molar-refractivity contribution in [2.45, 2.75) is 25.7 Å². The van der Waals surface area contributed by atoms with E-state index in [9.17, 15) is 4.39 Å². The molecule has 3 aromatic heterocycles. The van der Waals surface area contributed by atoms with Crippen LogP contribution in [-0.2, 0) is 6.42 Å². The first-order valence-corrected chi connectivity index (χ1v) is 9.58. The van der Waals surface area contributed by atoms with Crippen molar-refractivity contribution in [2.24, 2.45) is 5.92 Å². The molecule has 1 fully saturated rings. The van der Waals surface area contributed by atoms with E-state index in [1.807, 2.05) is 19.1 Å². The summed E-state index contributed by atoms with van der Waals surface area (Å²) in [5, 5.41) is 9.39. The summed E-state index contributed by atoms with van der Waals surface area (Å²) >= 11 is 1.38. The monoisotopic (exact) mass is 419 g/mol. The quantitative estimate of drug-likeness (QED) is 0.590. The zero-order valence-electron chi connectivity index (χ0n) is 16.1. The molecule has 3 heterocycles. The predicted molar refractivity (Wildman–Crippen MR) is 106 cm³/mol. The van der Waals surface area contributed by atoms with Crippen LogP contribution in [0.1, 0.15) is 33.7 Å². The molecule has 3 aromatic rings. The van der Waals surface area contributed by atoms with Gasteiger partial charge in [-0.1, -0.05) is 0 Å². The Morgan fingerprint density at radius 3 is 2.76 bits per heavy atom. The van der Waals surface area contributed by atoms with E-state index in [-0.39, 0.29) is 41.9 Å². The van der Waals surface area contributed by atoms with Gasteiger partial charge in [-0.2, -0.15) is 9.37 Å². The molecule has 5 N–H and O–H groups in total. The van der Waals surface area contributed by atoms with E-state index in [2.05, 4.69) is 25.1 Å². The van der Waals surface area contributed by atoms with Crippen molar-refractivity contribution >= 4 is 17.3 Å². The van der Waals surface area contributed by atoms with E-state index in [0.29, 0.717) is 17.4 Å². The molecule has 9 nitrogen and oxygen atoms in total. The van der Waals surface area contributed by atoms with Crippen LogP contribution in [-0.4, -0.2) is 38.9 Å². The van der Waals surface area contributed by atoms with Crippen molar-refractivity contribution in [1.29, 1.82) is 0 Å². The molecule has 4 rings (SSSR count). The molecule has 0 aromatic carbocycles. The van der Waals surface area contributed by atoms with Crippen LogP contribution in [0.4, 0.5) is 10.3 Å². The molecule has 2 atom stereocenters. The number of anilines is 1. The number of rotatable bonds is 7. The third-order valence-electron chi connectivity index (χ3n) is 4.52. The van der Waals surface area contributed by atoms with Crippen molar-refractivity contribution in [3.63, 3.8) is 0 Å². The standard InChI is InChI=1S/C18H19FN6O2S.H3N/c1-9-24-25-15(28-9)6-14-16(19)17(23-18(20)22-14)27-8-10-5-12(10)13-4-3-11(26-2)7-21-13;/h3-4,7,10,12H,5-6,8H2,1-2H3,(H2,20,22,23);1H3. The lowest BCUT2D eigenvalue weighted by molar-refractivity contribution is 0.269. The summed E-state index contributed by atoms with van der Waals surface area (Å²) in [6, 6.07) is 3.82. The van der Waals surface area contributed by atoms with Gasteiger partial charge in [0.15, 0.2) is 0 Å². The van der Waals surface area contributed by atoms with Crippen LogP contribution in [0.15, 0.2) is 18.3 Å². The highest BCUT2D eigenvalue weighted by atomic mass is 32.1. The smallest absolute Gasteiger partial charge is 0.255 e. The maximum absolute atomic E-state index is 14.7. The van der Waals surface area contributed by atoms with Gasteiger partial charge in [-0.3, -0.25) is 4.98 Å². The second kappa shape index (κ2) is 8.62. The van der Waals surface area contributed by atoms with Gasteiger partial charge in [0.05, 0.1) is 25.6 Å². The number of halogens is 1. The normalized spacial score (nSPS) is 17.5. The highest BCUT2D eigenvalue weighted by Gasteiger charge is 2.40. The van der Waals surface area contributed by atoms with Crippen LogP contribution < -0.4 is 21.4 Å². The Bertz CT molecular complexity index is 983. The molecule has 11 heteroatoms. The fraction of sp³-hybridized carbons (Fsp3) is 0.389. The number of nitrogens with two attached hydrogens (primary N) is 1. The lowest BCUT2D eigenvalue weighted by atomic mass is 10.2. The maximum Gasteiger partial charge on any atom is 0.255 e. The molecule has 0 bridgehead atoms. The molecule has 154 valence electrons. The maximum atomic E-state index is 14.7. The van der Waals surface area contributed by atoms with Gasteiger partial charge < -0.3 is 21.4 Å². The van der Waals surface area contributed by atoms with Crippen LogP contribution in [0.5, 0.6) is 11.6 Å². The van der Waals surface area contributed by atoms with Crippen molar-refractivity contribution in [2.75, 3.05) is 19.5 Å². The third kappa shape index (κ3) is 4.74. The molecular weight excluding hydrogens is 397 g/mol. The molecular formula is C18H22FN7O2S. The van der Waals surface area contributed by atoms with Crippen LogP contribution in [0, 0.1) is 18.7 Å². The second-order valence-electron chi connectivity index (χ2n) is 6.58. The topological polar surface area (TPSA) is 144 Å². The average Bonchev–Trinajstić information content (AvgIpc) is 3.36. The molecule has 2 unspecified atom stereocenters. The number of methoxy groups -OCH3 is 1.